The van der Waals surface area contributed by atoms with Crippen LogP contribution in [0.1, 0.15) is 27.2 Å². The lowest BCUT2D eigenvalue weighted by Gasteiger charge is -2.22. The Labute approximate surface area is 116 Å². The zero-order valence-electron chi connectivity index (χ0n) is 12.5. The molecule has 0 atom stereocenters. The van der Waals surface area contributed by atoms with Crippen LogP contribution >= 0.6 is 0 Å². The fourth-order valence-corrected chi connectivity index (χ4v) is 3.87. The first kappa shape index (κ1) is 15.9. The third-order valence-electron chi connectivity index (χ3n) is 2.89. The highest BCUT2D eigenvalue weighted by Gasteiger charge is 2.25. The Bertz CT molecular complexity index is 407. The molecule has 0 fully saturated rings. The van der Waals surface area contributed by atoms with Gasteiger partial charge in [0.15, 0.2) is 0 Å². The van der Waals surface area contributed by atoms with Crippen molar-refractivity contribution in [3.05, 3.63) is 30.3 Å². The Morgan fingerprint density at radius 1 is 1.16 bits per heavy atom. The van der Waals surface area contributed by atoms with E-state index in [1.807, 2.05) is 39.0 Å². The minimum atomic E-state index is -1.57. The molecule has 0 saturated carbocycles. The van der Waals surface area contributed by atoms with Gasteiger partial charge in [0.1, 0.15) is 5.60 Å². The van der Waals surface area contributed by atoms with Crippen molar-refractivity contribution in [3.8, 4) is 0 Å². The second-order valence-electron chi connectivity index (χ2n) is 6.40. The Balaban J connectivity index is 2.45. The largest absolute Gasteiger partial charge is 0.342 e. The predicted octanol–water partition coefficient (Wildman–Crippen LogP) is 3.27. The second kappa shape index (κ2) is 6.35. The summed E-state index contributed by atoms with van der Waals surface area (Å²) < 4.78 is 0. The number of benzene rings is 1. The van der Waals surface area contributed by atoms with E-state index in [1.165, 1.54) is 5.19 Å². The molecule has 0 aromatic heterocycles. The molecule has 106 valence electrons. The van der Waals surface area contributed by atoms with E-state index < -0.39 is 13.7 Å². The molecule has 4 heteroatoms. The van der Waals surface area contributed by atoms with Crippen molar-refractivity contribution in [2.45, 2.75) is 51.9 Å². The summed E-state index contributed by atoms with van der Waals surface area (Å²) in [5.74, 6) is -0.286. The first-order valence-corrected chi connectivity index (χ1v) is 9.85. The minimum absolute atomic E-state index is 0.286. The monoisotopic (exact) mass is 280 g/mol. The van der Waals surface area contributed by atoms with Gasteiger partial charge in [0.05, 0.1) is 8.07 Å². The molecular formula is C15H24O3Si. The summed E-state index contributed by atoms with van der Waals surface area (Å²) in [5.41, 5.74) is -0.456. The van der Waals surface area contributed by atoms with Gasteiger partial charge in [-0.3, -0.25) is 4.89 Å². The van der Waals surface area contributed by atoms with Gasteiger partial charge in [-0.05, 0) is 26.8 Å². The van der Waals surface area contributed by atoms with E-state index in [4.69, 9.17) is 9.78 Å². The van der Waals surface area contributed by atoms with Gasteiger partial charge in [-0.1, -0.05) is 48.6 Å². The third kappa shape index (κ3) is 6.03. The molecule has 0 N–H and O–H groups in total. The standard InChI is InChI=1S/C15H24O3Si/c1-15(2,3)18-17-14(16)11-12-19(4,5)13-9-7-6-8-10-13/h6-10H,11-12H2,1-5H3. The fraction of sp³-hybridized carbons (Fsp3) is 0.533. The number of rotatable bonds is 5. The molecule has 3 nitrogen and oxygen atoms in total. The maximum Gasteiger partial charge on any atom is 0.342 e. The molecule has 0 spiro atoms. The molecule has 19 heavy (non-hydrogen) atoms. The van der Waals surface area contributed by atoms with E-state index >= 15 is 0 Å². The van der Waals surface area contributed by atoms with E-state index in [1.54, 1.807) is 0 Å². The maximum atomic E-state index is 11.6. The van der Waals surface area contributed by atoms with E-state index in [0.29, 0.717) is 6.42 Å². The smallest absolute Gasteiger partial charge is 0.298 e. The van der Waals surface area contributed by atoms with Gasteiger partial charge in [0.25, 0.3) is 0 Å². The lowest BCUT2D eigenvalue weighted by Crippen LogP contribution is -2.41. The summed E-state index contributed by atoms with van der Waals surface area (Å²) in [4.78, 5) is 21.5. The van der Waals surface area contributed by atoms with Crippen molar-refractivity contribution in [1.29, 1.82) is 0 Å². The Morgan fingerprint density at radius 2 is 1.74 bits per heavy atom. The quantitative estimate of drug-likeness (QED) is 0.472. The Hall–Kier alpha value is -1.13. The summed E-state index contributed by atoms with van der Waals surface area (Å²) in [6.45, 7) is 10.1. The number of carbonyl (C=O) groups is 1. The topological polar surface area (TPSA) is 35.5 Å². The van der Waals surface area contributed by atoms with Crippen molar-refractivity contribution >= 4 is 19.2 Å². The molecular weight excluding hydrogens is 256 g/mol. The normalized spacial score (nSPS) is 12.3. The molecule has 1 aromatic rings. The predicted molar refractivity (Wildman–Crippen MR) is 79.9 cm³/mol. The van der Waals surface area contributed by atoms with Gasteiger partial charge < -0.3 is 0 Å². The van der Waals surface area contributed by atoms with Gasteiger partial charge >= 0.3 is 5.97 Å². The SMILES string of the molecule is CC(C)(C)OOC(=O)CC[Si](C)(C)c1ccccc1. The molecule has 0 aliphatic carbocycles. The van der Waals surface area contributed by atoms with E-state index in [0.717, 1.165) is 6.04 Å². The van der Waals surface area contributed by atoms with Gasteiger partial charge in [-0.2, -0.15) is 4.89 Å². The van der Waals surface area contributed by atoms with E-state index in [9.17, 15) is 4.79 Å². The number of hydrogen-bond acceptors (Lipinski definition) is 3. The van der Waals surface area contributed by atoms with Crippen LogP contribution < -0.4 is 5.19 Å². The van der Waals surface area contributed by atoms with Crippen LogP contribution in [0.15, 0.2) is 30.3 Å². The molecule has 1 rings (SSSR count). The van der Waals surface area contributed by atoms with Gasteiger partial charge in [0, 0.05) is 6.42 Å². The first-order chi connectivity index (χ1) is 8.71. The first-order valence-electron chi connectivity index (χ1n) is 6.65. The number of hydrogen-bond donors (Lipinski definition) is 0. The molecule has 0 aliphatic heterocycles. The number of carbonyl (C=O) groups excluding carboxylic acids is 1. The van der Waals surface area contributed by atoms with Crippen LogP contribution in [-0.4, -0.2) is 19.6 Å². The molecule has 0 amide bonds. The molecule has 0 radical (unpaired) electrons. The van der Waals surface area contributed by atoms with Crippen LogP contribution in [0.3, 0.4) is 0 Å². The molecule has 1 aromatic carbocycles. The summed E-state index contributed by atoms with van der Waals surface area (Å²) in [6, 6.07) is 11.3. The van der Waals surface area contributed by atoms with Gasteiger partial charge in [-0.15, -0.1) is 0 Å². The van der Waals surface area contributed by atoms with Crippen molar-refractivity contribution in [2.24, 2.45) is 0 Å². The molecule has 0 heterocycles. The van der Waals surface area contributed by atoms with Crippen LogP contribution in [0.5, 0.6) is 0 Å². The third-order valence-corrected chi connectivity index (χ3v) is 6.29. The molecule has 0 saturated heterocycles. The van der Waals surface area contributed by atoms with Gasteiger partial charge in [-0.25, -0.2) is 4.79 Å². The van der Waals surface area contributed by atoms with Crippen molar-refractivity contribution in [1.82, 2.24) is 0 Å². The average Bonchev–Trinajstić information content (AvgIpc) is 2.34. The summed E-state index contributed by atoms with van der Waals surface area (Å²) in [7, 11) is -1.57. The lowest BCUT2D eigenvalue weighted by atomic mass is 10.2. The average molecular weight is 280 g/mol. The summed E-state index contributed by atoms with van der Waals surface area (Å²) in [6.07, 6.45) is 0.407. The van der Waals surface area contributed by atoms with E-state index in [-0.39, 0.29) is 5.97 Å². The minimum Gasteiger partial charge on any atom is -0.298 e. The van der Waals surface area contributed by atoms with Crippen LogP contribution in [0.2, 0.25) is 19.1 Å². The van der Waals surface area contributed by atoms with Crippen LogP contribution in [0, 0.1) is 0 Å². The maximum absolute atomic E-state index is 11.6. The van der Waals surface area contributed by atoms with Crippen LogP contribution in [0.25, 0.3) is 0 Å². The highest BCUT2D eigenvalue weighted by atomic mass is 28.3. The highest BCUT2D eigenvalue weighted by Crippen LogP contribution is 2.14. The van der Waals surface area contributed by atoms with E-state index in [2.05, 4.69) is 25.2 Å². The Kier molecular flexibility index (Phi) is 5.32. The van der Waals surface area contributed by atoms with Crippen molar-refractivity contribution < 1.29 is 14.6 Å². The van der Waals surface area contributed by atoms with Crippen molar-refractivity contribution in [2.75, 3.05) is 0 Å². The summed E-state index contributed by atoms with van der Waals surface area (Å²) in [5, 5.41) is 1.36. The molecule has 0 bridgehead atoms. The zero-order valence-corrected chi connectivity index (χ0v) is 13.5. The fourth-order valence-electron chi connectivity index (χ4n) is 1.66. The van der Waals surface area contributed by atoms with Crippen LogP contribution in [0.4, 0.5) is 0 Å². The second-order valence-corrected chi connectivity index (χ2v) is 11.2. The highest BCUT2D eigenvalue weighted by molar-refractivity contribution is 6.89. The van der Waals surface area contributed by atoms with Crippen molar-refractivity contribution in [3.63, 3.8) is 0 Å². The van der Waals surface area contributed by atoms with Gasteiger partial charge in [0.2, 0.25) is 0 Å². The molecule has 0 unspecified atom stereocenters. The molecule has 0 aliphatic rings. The summed E-state index contributed by atoms with van der Waals surface area (Å²) >= 11 is 0. The Morgan fingerprint density at radius 3 is 2.26 bits per heavy atom. The lowest BCUT2D eigenvalue weighted by molar-refractivity contribution is -0.320. The van der Waals surface area contributed by atoms with Crippen LogP contribution in [-0.2, 0) is 14.6 Å². The zero-order chi connectivity index (χ0) is 14.5.